The topological polar surface area (TPSA) is 71.6 Å². The molecular formula is C12H19N3O2. The summed E-state index contributed by atoms with van der Waals surface area (Å²) in [5.41, 5.74) is 6.95. The predicted octanol–water partition coefficient (Wildman–Crippen LogP) is 0.299. The van der Waals surface area contributed by atoms with Crippen molar-refractivity contribution in [1.82, 2.24) is 4.98 Å². The van der Waals surface area contributed by atoms with Gasteiger partial charge in [0.05, 0.1) is 25.9 Å². The van der Waals surface area contributed by atoms with Gasteiger partial charge in [0.15, 0.2) is 0 Å². The quantitative estimate of drug-likeness (QED) is 0.791. The van der Waals surface area contributed by atoms with Crippen molar-refractivity contribution < 1.29 is 9.84 Å². The fourth-order valence-electron chi connectivity index (χ4n) is 2.09. The van der Waals surface area contributed by atoms with Crippen LogP contribution in [0.4, 0.5) is 5.82 Å². The molecule has 0 aliphatic carbocycles. The van der Waals surface area contributed by atoms with Crippen molar-refractivity contribution in [1.29, 1.82) is 0 Å². The molecule has 0 bridgehead atoms. The lowest BCUT2D eigenvalue weighted by Crippen LogP contribution is -2.48. The lowest BCUT2D eigenvalue weighted by molar-refractivity contribution is 0.0721. The Bertz CT molecular complexity index is 371. The van der Waals surface area contributed by atoms with Crippen LogP contribution in [-0.4, -0.2) is 42.5 Å². The fourth-order valence-corrected chi connectivity index (χ4v) is 2.09. The number of nitrogens with zero attached hydrogens (tertiary/aromatic N) is 2. The third-order valence-corrected chi connectivity index (χ3v) is 3.02. The SMILES string of the molecule is C[C@@H](N)c1cccnc1N1CCOCC1CO. The Kier molecular flexibility index (Phi) is 3.93. The van der Waals surface area contributed by atoms with E-state index in [1.165, 1.54) is 0 Å². The van der Waals surface area contributed by atoms with Crippen molar-refractivity contribution in [3.8, 4) is 0 Å². The van der Waals surface area contributed by atoms with E-state index in [1.807, 2.05) is 19.1 Å². The maximum atomic E-state index is 9.37. The number of aromatic nitrogens is 1. The minimum Gasteiger partial charge on any atom is -0.394 e. The number of pyridine rings is 1. The molecule has 0 amide bonds. The van der Waals surface area contributed by atoms with Crippen LogP contribution < -0.4 is 10.6 Å². The van der Waals surface area contributed by atoms with Gasteiger partial charge in [-0.15, -0.1) is 0 Å². The number of morpholine rings is 1. The maximum Gasteiger partial charge on any atom is 0.133 e. The molecule has 1 fully saturated rings. The van der Waals surface area contributed by atoms with E-state index in [2.05, 4.69) is 9.88 Å². The summed E-state index contributed by atoms with van der Waals surface area (Å²) < 4.78 is 5.36. The molecule has 0 saturated carbocycles. The van der Waals surface area contributed by atoms with Gasteiger partial charge in [-0.05, 0) is 13.0 Å². The van der Waals surface area contributed by atoms with E-state index >= 15 is 0 Å². The number of anilines is 1. The first-order valence-electron chi connectivity index (χ1n) is 5.89. The van der Waals surface area contributed by atoms with Crippen LogP contribution in [0.1, 0.15) is 18.5 Å². The largest absolute Gasteiger partial charge is 0.394 e. The Hall–Kier alpha value is -1.17. The summed E-state index contributed by atoms with van der Waals surface area (Å²) in [6.07, 6.45) is 1.76. The molecule has 0 radical (unpaired) electrons. The van der Waals surface area contributed by atoms with Crippen LogP contribution in [0.2, 0.25) is 0 Å². The third kappa shape index (κ3) is 2.57. The number of hydrogen-bond donors (Lipinski definition) is 2. The zero-order valence-electron chi connectivity index (χ0n) is 10.0. The van der Waals surface area contributed by atoms with E-state index in [-0.39, 0.29) is 18.7 Å². The van der Waals surface area contributed by atoms with Crippen LogP contribution in [0, 0.1) is 0 Å². The molecule has 1 unspecified atom stereocenters. The van der Waals surface area contributed by atoms with E-state index < -0.39 is 0 Å². The second kappa shape index (κ2) is 5.44. The molecule has 17 heavy (non-hydrogen) atoms. The monoisotopic (exact) mass is 237 g/mol. The van der Waals surface area contributed by atoms with E-state index in [1.54, 1.807) is 6.20 Å². The van der Waals surface area contributed by atoms with Gasteiger partial charge in [-0.25, -0.2) is 4.98 Å². The minimum absolute atomic E-state index is 0.0313. The van der Waals surface area contributed by atoms with E-state index in [9.17, 15) is 5.11 Å². The highest BCUT2D eigenvalue weighted by Crippen LogP contribution is 2.25. The molecule has 2 heterocycles. The zero-order valence-corrected chi connectivity index (χ0v) is 10.0. The van der Waals surface area contributed by atoms with Crippen LogP contribution in [-0.2, 0) is 4.74 Å². The number of aliphatic hydroxyl groups excluding tert-OH is 1. The van der Waals surface area contributed by atoms with Crippen molar-refractivity contribution in [2.24, 2.45) is 5.73 Å². The lowest BCUT2D eigenvalue weighted by atomic mass is 10.1. The molecule has 5 heteroatoms. The molecule has 1 aromatic rings. The van der Waals surface area contributed by atoms with Gasteiger partial charge >= 0.3 is 0 Å². The molecule has 94 valence electrons. The summed E-state index contributed by atoms with van der Waals surface area (Å²) in [5, 5.41) is 9.37. The van der Waals surface area contributed by atoms with Gasteiger partial charge in [-0.2, -0.15) is 0 Å². The molecule has 1 aliphatic heterocycles. The average molecular weight is 237 g/mol. The van der Waals surface area contributed by atoms with Crippen LogP contribution in [0.25, 0.3) is 0 Å². The molecule has 2 rings (SSSR count). The van der Waals surface area contributed by atoms with E-state index in [4.69, 9.17) is 10.5 Å². The highest BCUT2D eigenvalue weighted by Gasteiger charge is 2.25. The highest BCUT2D eigenvalue weighted by atomic mass is 16.5. The summed E-state index contributed by atoms with van der Waals surface area (Å²) in [4.78, 5) is 6.49. The minimum atomic E-state index is -0.0686. The number of aliphatic hydroxyl groups is 1. The zero-order chi connectivity index (χ0) is 12.3. The first-order valence-corrected chi connectivity index (χ1v) is 5.89. The van der Waals surface area contributed by atoms with Crippen molar-refractivity contribution in [2.45, 2.75) is 19.0 Å². The Morgan fingerprint density at radius 1 is 1.71 bits per heavy atom. The number of nitrogens with two attached hydrogens (primary N) is 1. The van der Waals surface area contributed by atoms with E-state index in [0.717, 1.165) is 17.9 Å². The van der Waals surface area contributed by atoms with Crippen LogP contribution in [0.15, 0.2) is 18.3 Å². The van der Waals surface area contributed by atoms with Crippen molar-refractivity contribution >= 4 is 5.82 Å². The van der Waals surface area contributed by atoms with Gasteiger partial charge in [0.1, 0.15) is 5.82 Å². The molecule has 1 aromatic heterocycles. The first kappa shape index (κ1) is 12.3. The van der Waals surface area contributed by atoms with Crippen molar-refractivity contribution in [3.63, 3.8) is 0 Å². The van der Waals surface area contributed by atoms with E-state index in [0.29, 0.717) is 13.2 Å². The summed E-state index contributed by atoms with van der Waals surface area (Å²) in [6, 6.07) is 3.77. The van der Waals surface area contributed by atoms with Crippen LogP contribution >= 0.6 is 0 Å². The van der Waals surface area contributed by atoms with Crippen molar-refractivity contribution in [2.75, 3.05) is 31.3 Å². The summed E-state index contributed by atoms with van der Waals surface area (Å²) >= 11 is 0. The van der Waals surface area contributed by atoms with Gasteiger partial charge in [-0.1, -0.05) is 6.07 Å². The Balaban J connectivity index is 2.31. The number of ether oxygens (including phenoxy) is 1. The number of rotatable bonds is 3. The Morgan fingerprint density at radius 2 is 2.53 bits per heavy atom. The molecule has 1 aliphatic rings. The highest BCUT2D eigenvalue weighted by molar-refractivity contribution is 5.49. The summed E-state index contributed by atoms with van der Waals surface area (Å²) in [7, 11) is 0. The fraction of sp³-hybridized carbons (Fsp3) is 0.583. The summed E-state index contributed by atoms with van der Waals surface area (Å²) in [5.74, 6) is 0.866. The molecule has 3 N–H and O–H groups in total. The lowest BCUT2D eigenvalue weighted by Gasteiger charge is -2.36. The predicted molar refractivity (Wildman–Crippen MR) is 65.9 cm³/mol. The molecule has 0 aromatic carbocycles. The average Bonchev–Trinajstić information content (AvgIpc) is 2.38. The molecular weight excluding hydrogens is 218 g/mol. The normalized spacial score (nSPS) is 22.5. The molecule has 0 spiro atoms. The number of hydrogen-bond acceptors (Lipinski definition) is 5. The van der Waals surface area contributed by atoms with Gasteiger partial charge in [0.25, 0.3) is 0 Å². The molecule has 5 nitrogen and oxygen atoms in total. The smallest absolute Gasteiger partial charge is 0.133 e. The van der Waals surface area contributed by atoms with Gasteiger partial charge in [0.2, 0.25) is 0 Å². The third-order valence-electron chi connectivity index (χ3n) is 3.02. The van der Waals surface area contributed by atoms with Gasteiger partial charge in [0, 0.05) is 24.3 Å². The van der Waals surface area contributed by atoms with Gasteiger partial charge < -0.3 is 20.5 Å². The van der Waals surface area contributed by atoms with Crippen LogP contribution in [0.3, 0.4) is 0 Å². The Labute approximate surface area is 101 Å². The van der Waals surface area contributed by atoms with Crippen LogP contribution in [0.5, 0.6) is 0 Å². The van der Waals surface area contributed by atoms with Gasteiger partial charge in [-0.3, -0.25) is 0 Å². The molecule has 1 saturated heterocycles. The second-order valence-corrected chi connectivity index (χ2v) is 4.31. The Morgan fingerprint density at radius 3 is 3.24 bits per heavy atom. The summed E-state index contributed by atoms with van der Waals surface area (Å²) in [6.45, 7) is 3.93. The maximum absolute atomic E-state index is 9.37. The van der Waals surface area contributed by atoms with Crippen molar-refractivity contribution in [3.05, 3.63) is 23.9 Å². The second-order valence-electron chi connectivity index (χ2n) is 4.31. The first-order chi connectivity index (χ1) is 8.24. The molecule has 2 atom stereocenters. The standard InChI is InChI=1S/C12H19N3O2/c1-9(13)11-3-2-4-14-12(11)15-5-6-17-8-10(15)7-16/h2-4,9-10,16H,5-8,13H2,1H3/t9-,10?/m1/s1.